The highest BCUT2D eigenvalue weighted by Crippen LogP contribution is 2.27. The van der Waals surface area contributed by atoms with Crippen molar-refractivity contribution in [3.8, 4) is 17.2 Å². The van der Waals surface area contributed by atoms with E-state index in [-0.39, 0.29) is 0 Å². The number of nitrogens with zero attached hydrogens (tertiary/aromatic N) is 2. The molecule has 0 unspecified atom stereocenters. The monoisotopic (exact) mass is 281 g/mol. The first-order valence-electron chi connectivity index (χ1n) is 6.56. The number of aromatic nitrogens is 2. The lowest BCUT2D eigenvalue weighted by atomic mass is 10.1. The third-order valence-electron chi connectivity index (χ3n) is 3.15. The summed E-state index contributed by atoms with van der Waals surface area (Å²) in [7, 11) is 1.58. The smallest absolute Gasteiger partial charge is 0.258 e. The number of nitrogens with two attached hydrogens (primary N) is 1. The van der Waals surface area contributed by atoms with Crippen LogP contribution in [0.3, 0.4) is 0 Å². The molecule has 0 amide bonds. The number of rotatable bonds is 4. The fourth-order valence-electron chi connectivity index (χ4n) is 2.09. The second-order valence-electron chi connectivity index (χ2n) is 4.63. The maximum Gasteiger partial charge on any atom is 0.258 e. The average molecular weight is 281 g/mol. The summed E-state index contributed by atoms with van der Waals surface area (Å²) in [4.78, 5) is 4.40. The van der Waals surface area contributed by atoms with Crippen LogP contribution in [0.5, 0.6) is 5.75 Å². The Morgan fingerprint density at radius 3 is 2.67 bits per heavy atom. The van der Waals surface area contributed by atoms with Gasteiger partial charge in [0.15, 0.2) is 5.82 Å². The van der Waals surface area contributed by atoms with Crippen LogP contribution in [-0.4, -0.2) is 17.3 Å². The van der Waals surface area contributed by atoms with E-state index in [1.54, 1.807) is 19.2 Å². The Morgan fingerprint density at radius 1 is 1.14 bits per heavy atom. The average Bonchev–Trinajstić information content (AvgIpc) is 2.97. The number of hydrogen-bond donors (Lipinski definition) is 1. The van der Waals surface area contributed by atoms with Crippen molar-refractivity contribution < 1.29 is 9.26 Å². The van der Waals surface area contributed by atoms with Gasteiger partial charge in [0.05, 0.1) is 12.8 Å². The van der Waals surface area contributed by atoms with Crippen LogP contribution in [0.15, 0.2) is 53.1 Å². The summed E-state index contributed by atoms with van der Waals surface area (Å²) >= 11 is 0. The van der Waals surface area contributed by atoms with Gasteiger partial charge in [-0.3, -0.25) is 0 Å². The van der Waals surface area contributed by atoms with Gasteiger partial charge >= 0.3 is 0 Å². The van der Waals surface area contributed by atoms with Gasteiger partial charge in [0.2, 0.25) is 0 Å². The number of hydrogen-bond acceptors (Lipinski definition) is 5. The molecular weight excluding hydrogens is 266 g/mol. The Balaban J connectivity index is 1.83. The molecule has 106 valence electrons. The highest BCUT2D eigenvalue weighted by Gasteiger charge is 2.11. The fraction of sp³-hybridized carbons (Fsp3) is 0.125. The van der Waals surface area contributed by atoms with E-state index in [2.05, 4.69) is 10.1 Å². The zero-order valence-corrected chi connectivity index (χ0v) is 11.6. The van der Waals surface area contributed by atoms with E-state index in [9.17, 15) is 0 Å². The first-order valence-corrected chi connectivity index (χ1v) is 6.56. The van der Waals surface area contributed by atoms with Gasteiger partial charge in [-0.1, -0.05) is 35.5 Å². The van der Waals surface area contributed by atoms with Crippen molar-refractivity contribution in [3.05, 3.63) is 59.9 Å². The van der Waals surface area contributed by atoms with E-state index in [4.69, 9.17) is 15.0 Å². The Hall–Kier alpha value is -2.82. The van der Waals surface area contributed by atoms with Crippen LogP contribution in [0.1, 0.15) is 11.4 Å². The number of methoxy groups -OCH3 is 1. The molecule has 0 aliphatic rings. The van der Waals surface area contributed by atoms with Gasteiger partial charge in [0.25, 0.3) is 5.89 Å². The normalized spacial score (nSPS) is 10.5. The van der Waals surface area contributed by atoms with Crippen LogP contribution in [0.25, 0.3) is 11.5 Å². The van der Waals surface area contributed by atoms with Gasteiger partial charge in [-0.2, -0.15) is 4.98 Å². The number of benzene rings is 2. The first kappa shape index (κ1) is 13.2. The summed E-state index contributed by atoms with van der Waals surface area (Å²) in [5.41, 5.74) is 8.34. The van der Waals surface area contributed by atoms with Crippen molar-refractivity contribution in [1.29, 1.82) is 0 Å². The molecule has 5 nitrogen and oxygen atoms in total. The summed E-state index contributed by atoms with van der Waals surface area (Å²) in [6.07, 6.45) is 0.635. The summed E-state index contributed by atoms with van der Waals surface area (Å²) in [6, 6.07) is 15.4. The van der Waals surface area contributed by atoms with Gasteiger partial charge in [-0.25, -0.2) is 0 Å². The van der Waals surface area contributed by atoms with Crippen molar-refractivity contribution >= 4 is 5.69 Å². The van der Waals surface area contributed by atoms with Crippen molar-refractivity contribution in [3.63, 3.8) is 0 Å². The zero-order valence-electron chi connectivity index (χ0n) is 11.6. The zero-order chi connectivity index (χ0) is 14.7. The molecular formula is C16H15N3O2. The van der Waals surface area contributed by atoms with Gasteiger partial charge in [-0.15, -0.1) is 0 Å². The lowest BCUT2D eigenvalue weighted by Crippen LogP contribution is -1.93. The third kappa shape index (κ3) is 2.86. The molecule has 0 bridgehead atoms. The van der Waals surface area contributed by atoms with Gasteiger partial charge in [-0.05, 0) is 23.8 Å². The minimum absolute atomic E-state index is 0.454. The molecule has 1 heterocycles. The molecule has 0 saturated heterocycles. The summed E-state index contributed by atoms with van der Waals surface area (Å²) in [5, 5.41) is 4.00. The van der Waals surface area contributed by atoms with Gasteiger partial charge < -0.3 is 15.0 Å². The maximum absolute atomic E-state index is 5.88. The van der Waals surface area contributed by atoms with Crippen LogP contribution >= 0.6 is 0 Å². The largest absolute Gasteiger partial charge is 0.495 e. The summed E-state index contributed by atoms with van der Waals surface area (Å²) in [5.74, 6) is 1.73. The van der Waals surface area contributed by atoms with Crippen molar-refractivity contribution in [1.82, 2.24) is 10.1 Å². The second-order valence-corrected chi connectivity index (χ2v) is 4.63. The lowest BCUT2D eigenvalue weighted by molar-refractivity contribution is 0.416. The molecule has 3 aromatic rings. The van der Waals surface area contributed by atoms with Crippen LogP contribution in [0.4, 0.5) is 5.69 Å². The minimum Gasteiger partial charge on any atom is -0.495 e. The van der Waals surface area contributed by atoms with Crippen LogP contribution in [0, 0.1) is 0 Å². The molecule has 0 radical (unpaired) electrons. The topological polar surface area (TPSA) is 74.2 Å². The Morgan fingerprint density at radius 2 is 1.95 bits per heavy atom. The maximum atomic E-state index is 5.88. The van der Waals surface area contributed by atoms with E-state index in [1.807, 2.05) is 36.4 Å². The van der Waals surface area contributed by atoms with E-state index < -0.39 is 0 Å². The van der Waals surface area contributed by atoms with E-state index >= 15 is 0 Å². The highest BCUT2D eigenvalue weighted by atomic mass is 16.5. The second kappa shape index (κ2) is 5.66. The van der Waals surface area contributed by atoms with E-state index in [0.29, 0.717) is 29.6 Å². The number of ether oxygens (including phenoxy) is 1. The molecule has 21 heavy (non-hydrogen) atoms. The molecule has 0 atom stereocenters. The molecule has 3 rings (SSSR count). The van der Waals surface area contributed by atoms with Gasteiger partial charge in [0.1, 0.15) is 5.75 Å². The number of anilines is 1. The first-order chi connectivity index (χ1) is 10.3. The van der Waals surface area contributed by atoms with Gasteiger partial charge in [0, 0.05) is 12.0 Å². The predicted molar refractivity (Wildman–Crippen MR) is 79.9 cm³/mol. The van der Waals surface area contributed by atoms with Crippen LogP contribution < -0.4 is 10.5 Å². The molecule has 0 aliphatic heterocycles. The van der Waals surface area contributed by atoms with Crippen molar-refractivity contribution in [2.24, 2.45) is 0 Å². The van der Waals surface area contributed by atoms with E-state index in [0.717, 1.165) is 11.1 Å². The number of nitrogen functional groups attached to an aromatic ring is 1. The molecule has 0 aliphatic carbocycles. The molecule has 0 fully saturated rings. The summed E-state index contributed by atoms with van der Waals surface area (Å²) in [6.45, 7) is 0. The van der Waals surface area contributed by atoms with Crippen molar-refractivity contribution in [2.45, 2.75) is 6.42 Å². The van der Waals surface area contributed by atoms with Crippen LogP contribution in [0.2, 0.25) is 0 Å². The molecule has 2 N–H and O–H groups in total. The minimum atomic E-state index is 0.454. The van der Waals surface area contributed by atoms with Crippen molar-refractivity contribution in [2.75, 3.05) is 12.8 Å². The molecule has 0 spiro atoms. The summed E-state index contributed by atoms with van der Waals surface area (Å²) < 4.78 is 10.4. The lowest BCUT2D eigenvalue weighted by Gasteiger charge is -2.04. The Kier molecular flexibility index (Phi) is 3.55. The quantitative estimate of drug-likeness (QED) is 0.744. The SMILES string of the molecule is COc1ccc(-c2nc(Cc3ccccc3)no2)cc1N. The Bertz CT molecular complexity index is 738. The fourth-order valence-corrected chi connectivity index (χ4v) is 2.09. The predicted octanol–water partition coefficient (Wildman–Crippen LogP) is 2.92. The third-order valence-corrected chi connectivity index (χ3v) is 3.15. The molecule has 5 heteroatoms. The van der Waals surface area contributed by atoms with Crippen LogP contribution in [-0.2, 0) is 6.42 Å². The Labute approximate surface area is 122 Å². The molecule has 2 aromatic carbocycles. The highest BCUT2D eigenvalue weighted by molar-refractivity contribution is 5.65. The molecule has 1 aromatic heterocycles. The molecule has 0 saturated carbocycles. The van der Waals surface area contributed by atoms with E-state index in [1.165, 1.54) is 0 Å². The standard InChI is InChI=1S/C16H15N3O2/c1-20-14-8-7-12(10-13(14)17)16-18-15(19-21-16)9-11-5-3-2-4-6-11/h2-8,10H,9,17H2,1H3.